The first-order chi connectivity index (χ1) is 17.3. The molecule has 4 nitrogen and oxygen atoms in total. The maximum atomic E-state index is 10.0. The third kappa shape index (κ3) is 11.1. The Morgan fingerprint density at radius 1 is 1.16 bits per heavy atom. The summed E-state index contributed by atoms with van der Waals surface area (Å²) in [5, 5.41) is 26.6. The Bertz CT molecular complexity index is 989. The van der Waals surface area contributed by atoms with Gasteiger partial charge >= 0.3 is 0 Å². The molecule has 0 bridgehead atoms. The SMILES string of the molecule is C=CN[C@@H](CO)CC(C)C.CC(C)(C)C.CC1NCC(C#N)(c2ccc(Cl)cc2)[C@@H]1c1cccc(Cl)c1. The van der Waals surface area contributed by atoms with E-state index >= 15 is 0 Å². The Kier molecular flexibility index (Phi) is 13.7. The summed E-state index contributed by atoms with van der Waals surface area (Å²) in [4.78, 5) is 0. The molecule has 6 heteroatoms. The number of halogens is 2. The minimum absolute atomic E-state index is 0.0392. The molecule has 37 heavy (non-hydrogen) atoms. The van der Waals surface area contributed by atoms with Crippen LogP contribution in [0.1, 0.15) is 71.9 Å². The summed E-state index contributed by atoms with van der Waals surface area (Å²) in [7, 11) is 0. The largest absolute Gasteiger partial charge is 0.394 e. The number of benzene rings is 2. The molecule has 1 heterocycles. The molecule has 2 aromatic rings. The van der Waals surface area contributed by atoms with Crippen molar-refractivity contribution in [2.24, 2.45) is 11.3 Å². The summed E-state index contributed by atoms with van der Waals surface area (Å²) in [5.74, 6) is 0.655. The van der Waals surface area contributed by atoms with Crippen LogP contribution in [0, 0.1) is 22.7 Å². The average molecular weight is 547 g/mol. The van der Waals surface area contributed by atoms with Gasteiger partial charge in [-0.25, -0.2) is 0 Å². The lowest BCUT2D eigenvalue weighted by Crippen LogP contribution is -2.33. The number of nitrogens with one attached hydrogen (secondary N) is 2. The van der Waals surface area contributed by atoms with Gasteiger partial charge in [0.2, 0.25) is 0 Å². The summed E-state index contributed by atoms with van der Waals surface area (Å²) in [5.41, 5.74) is 1.96. The Labute approximate surface area is 235 Å². The van der Waals surface area contributed by atoms with Gasteiger partial charge in [0.25, 0.3) is 0 Å². The molecule has 1 fully saturated rings. The molecule has 1 aliphatic heterocycles. The third-order valence-corrected chi connectivity index (χ3v) is 6.32. The molecule has 3 rings (SSSR count). The summed E-state index contributed by atoms with van der Waals surface area (Å²) in [6.45, 7) is 19.5. The molecule has 0 radical (unpaired) electrons. The van der Waals surface area contributed by atoms with E-state index in [0.717, 1.165) is 17.5 Å². The number of nitriles is 1. The number of hydrogen-bond acceptors (Lipinski definition) is 4. The Balaban J connectivity index is 0.000000381. The zero-order valence-corrected chi connectivity index (χ0v) is 25.0. The van der Waals surface area contributed by atoms with E-state index in [1.807, 2.05) is 48.5 Å². The van der Waals surface area contributed by atoms with E-state index in [1.54, 1.807) is 6.20 Å². The molecule has 0 saturated carbocycles. The minimum atomic E-state index is -0.616. The molecule has 3 N–H and O–H groups in total. The molecule has 204 valence electrons. The van der Waals surface area contributed by atoms with Crippen LogP contribution in [-0.2, 0) is 5.41 Å². The summed E-state index contributed by atoms with van der Waals surface area (Å²) in [6, 6.07) is 18.3. The van der Waals surface area contributed by atoms with Gasteiger partial charge in [-0.2, -0.15) is 5.26 Å². The fourth-order valence-corrected chi connectivity index (χ4v) is 4.71. The normalized spacial score (nSPS) is 21.6. The molecule has 0 aromatic heterocycles. The zero-order chi connectivity index (χ0) is 28.2. The smallest absolute Gasteiger partial charge is 0.103 e. The van der Waals surface area contributed by atoms with Gasteiger partial charge in [-0.15, -0.1) is 0 Å². The van der Waals surface area contributed by atoms with Crippen LogP contribution in [0.25, 0.3) is 0 Å². The highest BCUT2D eigenvalue weighted by Gasteiger charge is 2.49. The van der Waals surface area contributed by atoms with Crippen molar-refractivity contribution in [3.05, 3.63) is 82.5 Å². The summed E-state index contributed by atoms with van der Waals surface area (Å²) < 4.78 is 0. The molecule has 0 aliphatic carbocycles. The number of aliphatic hydroxyl groups excluding tert-OH is 1. The Morgan fingerprint density at radius 2 is 1.76 bits per heavy atom. The van der Waals surface area contributed by atoms with Crippen LogP contribution in [0.5, 0.6) is 0 Å². The first kappa shape index (κ1) is 33.0. The first-order valence-electron chi connectivity index (χ1n) is 12.9. The molecular formula is C31H45Cl2N3O. The molecule has 1 saturated heterocycles. The monoisotopic (exact) mass is 545 g/mol. The molecule has 2 aromatic carbocycles. The maximum absolute atomic E-state index is 10.0. The number of nitrogens with zero attached hydrogens (tertiary/aromatic N) is 1. The lowest BCUT2D eigenvalue weighted by Gasteiger charge is -2.30. The maximum Gasteiger partial charge on any atom is 0.103 e. The number of rotatable bonds is 7. The van der Waals surface area contributed by atoms with Crippen LogP contribution in [0.15, 0.2) is 61.3 Å². The highest BCUT2D eigenvalue weighted by atomic mass is 35.5. The van der Waals surface area contributed by atoms with Gasteiger partial charge in [-0.3, -0.25) is 0 Å². The molecular weight excluding hydrogens is 501 g/mol. The molecule has 0 amide bonds. The number of aliphatic hydroxyl groups is 1. The van der Waals surface area contributed by atoms with Gasteiger partial charge in [-0.05, 0) is 66.3 Å². The quantitative estimate of drug-likeness (QED) is 0.333. The van der Waals surface area contributed by atoms with E-state index in [9.17, 15) is 5.26 Å². The lowest BCUT2D eigenvalue weighted by molar-refractivity contribution is 0.235. The summed E-state index contributed by atoms with van der Waals surface area (Å²) in [6.07, 6.45) is 2.62. The minimum Gasteiger partial charge on any atom is -0.394 e. The molecule has 4 atom stereocenters. The van der Waals surface area contributed by atoms with Gasteiger partial charge in [-0.1, -0.05) is 95.6 Å². The van der Waals surface area contributed by atoms with Gasteiger partial charge in [0.15, 0.2) is 0 Å². The fraction of sp³-hybridized carbons (Fsp3) is 0.516. The van der Waals surface area contributed by atoms with Crippen LogP contribution in [0.4, 0.5) is 0 Å². The predicted octanol–water partition coefficient (Wildman–Crippen LogP) is 7.71. The van der Waals surface area contributed by atoms with Crippen molar-refractivity contribution in [3.63, 3.8) is 0 Å². The zero-order valence-electron chi connectivity index (χ0n) is 23.5. The van der Waals surface area contributed by atoms with Crippen molar-refractivity contribution in [1.82, 2.24) is 10.6 Å². The number of hydrogen-bond donors (Lipinski definition) is 3. The lowest BCUT2D eigenvalue weighted by atomic mass is 9.69. The van der Waals surface area contributed by atoms with Crippen molar-refractivity contribution < 1.29 is 5.11 Å². The van der Waals surface area contributed by atoms with Gasteiger partial charge in [0, 0.05) is 34.6 Å². The second-order valence-electron chi connectivity index (χ2n) is 11.7. The average Bonchev–Trinajstić information content (AvgIpc) is 3.15. The Hall–Kier alpha value is -2.03. The fourth-order valence-electron chi connectivity index (χ4n) is 4.38. The van der Waals surface area contributed by atoms with Crippen molar-refractivity contribution in [2.75, 3.05) is 13.2 Å². The van der Waals surface area contributed by atoms with Crippen molar-refractivity contribution in [3.8, 4) is 6.07 Å². The van der Waals surface area contributed by atoms with Crippen molar-refractivity contribution >= 4 is 23.2 Å². The van der Waals surface area contributed by atoms with Crippen LogP contribution in [-0.4, -0.2) is 30.3 Å². The van der Waals surface area contributed by atoms with Crippen LogP contribution in [0.3, 0.4) is 0 Å². The second kappa shape index (κ2) is 15.4. The van der Waals surface area contributed by atoms with Gasteiger partial charge in [0.1, 0.15) is 5.41 Å². The van der Waals surface area contributed by atoms with E-state index in [4.69, 9.17) is 28.3 Å². The van der Waals surface area contributed by atoms with Gasteiger partial charge < -0.3 is 15.7 Å². The topological polar surface area (TPSA) is 68.1 Å². The van der Waals surface area contributed by atoms with E-state index in [1.165, 1.54) is 0 Å². The highest BCUT2D eigenvalue weighted by Crippen LogP contribution is 2.45. The van der Waals surface area contributed by atoms with Crippen molar-refractivity contribution in [1.29, 1.82) is 5.26 Å². The highest BCUT2D eigenvalue weighted by molar-refractivity contribution is 6.30. The van der Waals surface area contributed by atoms with Crippen LogP contribution in [0.2, 0.25) is 10.0 Å². The van der Waals surface area contributed by atoms with Crippen LogP contribution < -0.4 is 10.6 Å². The van der Waals surface area contributed by atoms with E-state index < -0.39 is 5.41 Å². The van der Waals surface area contributed by atoms with Gasteiger partial charge in [0.05, 0.1) is 12.7 Å². The third-order valence-electron chi connectivity index (χ3n) is 5.83. The van der Waals surface area contributed by atoms with E-state index in [-0.39, 0.29) is 24.6 Å². The Morgan fingerprint density at radius 3 is 2.22 bits per heavy atom. The first-order valence-corrected chi connectivity index (χ1v) is 13.7. The van der Waals surface area contributed by atoms with E-state index in [2.05, 4.69) is 71.7 Å². The second-order valence-corrected chi connectivity index (χ2v) is 12.5. The van der Waals surface area contributed by atoms with E-state index in [0.29, 0.717) is 27.9 Å². The van der Waals surface area contributed by atoms with Crippen molar-refractivity contribution in [2.45, 2.75) is 78.3 Å². The molecule has 2 unspecified atom stereocenters. The predicted molar refractivity (Wildman–Crippen MR) is 159 cm³/mol. The standard InChI is InChI=1S/C18H16Cl2N2.C8H17NO.C5H12/c1-12-17(13-3-2-4-16(20)9-13)18(10-21,11-22-12)14-5-7-15(19)8-6-14;1-4-9-8(6-10)5-7(2)3;1-5(2,3)4/h2-9,12,17,22H,11H2,1H3;4,7-10H,1,5-6H2,2-3H3;1-4H3/t12?,17-,18?;8-;/m01./s1. The molecule has 1 aliphatic rings. The molecule has 0 spiro atoms. The van der Waals surface area contributed by atoms with Crippen LogP contribution >= 0.6 is 23.2 Å². The summed E-state index contributed by atoms with van der Waals surface area (Å²) >= 11 is 12.1.